The van der Waals surface area contributed by atoms with Gasteiger partial charge in [-0.25, -0.2) is 8.78 Å². The summed E-state index contributed by atoms with van der Waals surface area (Å²) in [5.41, 5.74) is 0.424. The molecule has 2 heterocycles. The predicted octanol–water partition coefficient (Wildman–Crippen LogP) is 4.34. The van der Waals surface area contributed by atoms with E-state index in [1.54, 1.807) is 12.1 Å². The van der Waals surface area contributed by atoms with Crippen LogP contribution in [0.4, 0.5) is 14.5 Å². The molecule has 1 aliphatic rings. The molecule has 3 atom stereocenters. The lowest BCUT2D eigenvalue weighted by molar-refractivity contribution is -0.384. The fraction of sp³-hybridized carbons (Fsp3) is 0.308. The van der Waals surface area contributed by atoms with E-state index < -0.39 is 40.9 Å². The zero-order valence-electron chi connectivity index (χ0n) is 19.5. The van der Waals surface area contributed by atoms with Gasteiger partial charge in [0.05, 0.1) is 10.5 Å². The summed E-state index contributed by atoms with van der Waals surface area (Å²) in [6.45, 7) is 0.136. The van der Waals surface area contributed by atoms with Crippen LogP contribution < -0.4 is 5.56 Å². The Morgan fingerprint density at radius 3 is 2.54 bits per heavy atom. The number of pyridine rings is 1. The normalized spacial score (nSPS) is 17.1. The lowest BCUT2D eigenvalue weighted by Gasteiger charge is -2.26. The zero-order valence-corrected chi connectivity index (χ0v) is 20.3. The van der Waals surface area contributed by atoms with Gasteiger partial charge in [-0.15, -0.1) is 0 Å². The van der Waals surface area contributed by atoms with Gasteiger partial charge in [0.1, 0.15) is 12.1 Å². The van der Waals surface area contributed by atoms with Crippen LogP contribution in [0.1, 0.15) is 18.0 Å². The van der Waals surface area contributed by atoms with Crippen LogP contribution in [0.3, 0.4) is 0 Å². The average Bonchev–Trinajstić information content (AvgIpc) is 3.37. The minimum Gasteiger partial charge on any atom is -0.387 e. The maximum absolute atomic E-state index is 13.6. The van der Waals surface area contributed by atoms with Crippen LogP contribution in [0.5, 0.6) is 0 Å². The van der Waals surface area contributed by atoms with Crippen molar-refractivity contribution in [2.75, 3.05) is 13.1 Å². The molecule has 37 heavy (non-hydrogen) atoms. The monoisotopic (exact) mass is 531 g/mol. The highest BCUT2D eigenvalue weighted by Gasteiger charge is 2.38. The molecular formula is C26H24ClF2N3O5. The van der Waals surface area contributed by atoms with E-state index in [4.69, 9.17) is 11.6 Å². The number of benzene rings is 2. The quantitative estimate of drug-likeness (QED) is 0.344. The number of aliphatic hydroxyl groups excluding tert-OH is 1. The summed E-state index contributed by atoms with van der Waals surface area (Å²) in [5, 5.41) is 21.5. The Kier molecular flexibility index (Phi) is 7.99. The smallest absolute Gasteiger partial charge is 0.277 e. The highest BCUT2D eigenvalue weighted by Crippen LogP contribution is 2.32. The maximum Gasteiger partial charge on any atom is 0.277 e. The molecule has 3 unspecified atom stereocenters. The molecule has 3 aromatic rings. The number of rotatable bonds is 8. The Hall–Kier alpha value is -3.63. The van der Waals surface area contributed by atoms with E-state index in [0.29, 0.717) is 0 Å². The molecule has 1 amide bonds. The molecule has 4 rings (SSSR count). The number of amides is 1. The number of hydrogen-bond donors (Lipinski definition) is 1. The first-order valence-corrected chi connectivity index (χ1v) is 12.0. The Bertz CT molecular complexity index is 1350. The largest absolute Gasteiger partial charge is 0.387 e. The maximum atomic E-state index is 13.6. The van der Waals surface area contributed by atoms with Crippen LogP contribution >= 0.6 is 11.6 Å². The third-order valence-electron chi connectivity index (χ3n) is 6.58. The van der Waals surface area contributed by atoms with Crippen molar-refractivity contribution in [2.45, 2.75) is 31.4 Å². The van der Waals surface area contributed by atoms with E-state index in [2.05, 4.69) is 0 Å². The van der Waals surface area contributed by atoms with Gasteiger partial charge in [-0.1, -0.05) is 41.9 Å². The fourth-order valence-corrected chi connectivity index (χ4v) is 4.81. The van der Waals surface area contributed by atoms with Crippen molar-refractivity contribution in [1.29, 1.82) is 0 Å². The zero-order chi connectivity index (χ0) is 26.7. The molecule has 0 bridgehead atoms. The van der Waals surface area contributed by atoms with Crippen molar-refractivity contribution in [3.63, 3.8) is 0 Å². The molecule has 8 nitrogen and oxygen atoms in total. The first-order valence-electron chi connectivity index (χ1n) is 11.6. The number of hydrogen-bond acceptors (Lipinski definition) is 5. The van der Waals surface area contributed by atoms with Crippen LogP contribution in [0.15, 0.2) is 71.7 Å². The van der Waals surface area contributed by atoms with E-state index >= 15 is 0 Å². The molecule has 0 saturated carbocycles. The van der Waals surface area contributed by atoms with Gasteiger partial charge in [-0.3, -0.25) is 19.7 Å². The van der Waals surface area contributed by atoms with Gasteiger partial charge in [0.2, 0.25) is 5.91 Å². The molecular weight excluding hydrogens is 508 g/mol. The number of aromatic nitrogens is 1. The highest BCUT2D eigenvalue weighted by molar-refractivity contribution is 6.31. The first kappa shape index (κ1) is 26.4. The number of nitro benzene ring substituents is 1. The second-order valence-electron chi connectivity index (χ2n) is 8.94. The van der Waals surface area contributed by atoms with E-state index in [9.17, 15) is 33.6 Å². The Labute approximate surface area is 215 Å². The van der Waals surface area contributed by atoms with Gasteiger partial charge < -0.3 is 14.6 Å². The molecule has 1 aliphatic heterocycles. The minimum atomic E-state index is -2.91. The topological polar surface area (TPSA) is 106 Å². The Balaban J connectivity index is 1.69. The second kappa shape index (κ2) is 11.2. The lowest BCUT2D eigenvalue weighted by atomic mass is 10.0. The van der Waals surface area contributed by atoms with Gasteiger partial charge in [0.25, 0.3) is 17.7 Å². The molecule has 1 aromatic heterocycles. The third kappa shape index (κ3) is 5.86. The van der Waals surface area contributed by atoms with Crippen LogP contribution in [0.2, 0.25) is 5.02 Å². The second-order valence-corrected chi connectivity index (χ2v) is 9.38. The van der Waals surface area contributed by atoms with Gasteiger partial charge >= 0.3 is 0 Å². The summed E-state index contributed by atoms with van der Waals surface area (Å²) in [6.07, 6.45) is -2.96. The summed E-state index contributed by atoms with van der Waals surface area (Å²) in [5.74, 6) is -1.19. The standard InChI is InChI=1S/C26H24ClF2N3O5/c27-19-6-7-21(32(36)37)20(14-19)17-9-11-31(23(33)13-17)22(12-16-4-2-1-3-5-16)26(35)30-10-8-18(15-30)24(34)25(28)29/h1-7,9,11,13-14,18,22,24-25,34H,8,10,12,15H2. The van der Waals surface area contributed by atoms with Crippen LogP contribution in [-0.4, -0.2) is 51.0 Å². The predicted molar refractivity (Wildman–Crippen MR) is 134 cm³/mol. The van der Waals surface area contributed by atoms with Crippen molar-refractivity contribution in [3.8, 4) is 11.1 Å². The van der Waals surface area contributed by atoms with E-state index in [1.807, 2.05) is 18.2 Å². The van der Waals surface area contributed by atoms with Crippen molar-refractivity contribution in [3.05, 3.63) is 97.9 Å². The number of carbonyl (C=O) groups is 1. The number of nitro groups is 1. The fourth-order valence-electron chi connectivity index (χ4n) is 4.64. The number of likely N-dealkylation sites (tertiary alicyclic amines) is 1. The van der Waals surface area contributed by atoms with Gasteiger partial charge in [0.15, 0.2) is 0 Å². The Morgan fingerprint density at radius 1 is 1.16 bits per heavy atom. The highest BCUT2D eigenvalue weighted by atomic mass is 35.5. The van der Waals surface area contributed by atoms with E-state index in [0.717, 1.165) is 5.56 Å². The van der Waals surface area contributed by atoms with Gasteiger partial charge in [0, 0.05) is 48.8 Å². The summed E-state index contributed by atoms with van der Waals surface area (Å²) < 4.78 is 27.3. The average molecular weight is 532 g/mol. The van der Waals surface area contributed by atoms with Gasteiger partial charge in [-0.2, -0.15) is 0 Å². The number of nitrogens with zero attached hydrogens (tertiary/aromatic N) is 3. The molecule has 2 aromatic carbocycles. The van der Waals surface area contributed by atoms with Gasteiger partial charge in [-0.05, 0) is 35.7 Å². The summed E-state index contributed by atoms with van der Waals surface area (Å²) in [4.78, 5) is 39.1. The number of carbonyl (C=O) groups excluding carboxylic acids is 1. The summed E-state index contributed by atoms with van der Waals surface area (Å²) >= 11 is 6.03. The summed E-state index contributed by atoms with van der Waals surface area (Å²) in [6, 6.07) is 14.8. The third-order valence-corrected chi connectivity index (χ3v) is 6.82. The molecule has 0 aliphatic carbocycles. The van der Waals surface area contributed by atoms with Crippen molar-refractivity contribution < 1.29 is 23.6 Å². The van der Waals surface area contributed by atoms with Crippen LogP contribution in [0.25, 0.3) is 11.1 Å². The molecule has 194 valence electrons. The molecule has 0 radical (unpaired) electrons. The Morgan fingerprint density at radius 2 is 1.89 bits per heavy atom. The molecule has 1 fully saturated rings. The van der Waals surface area contributed by atoms with Crippen molar-refractivity contribution in [1.82, 2.24) is 9.47 Å². The molecule has 1 saturated heterocycles. The molecule has 1 N–H and O–H groups in total. The SMILES string of the molecule is O=C(C(Cc1ccccc1)n1ccc(-c2cc(Cl)ccc2[N+](=O)[O-])cc1=O)N1CCC(C(O)C(F)F)C1. The van der Waals surface area contributed by atoms with E-state index in [1.165, 1.54) is 46.0 Å². The molecule has 0 spiro atoms. The lowest BCUT2D eigenvalue weighted by Crippen LogP contribution is -2.41. The number of halogens is 3. The number of aliphatic hydroxyl groups is 1. The number of alkyl halides is 2. The summed E-state index contributed by atoms with van der Waals surface area (Å²) in [7, 11) is 0. The minimum absolute atomic E-state index is 0.0445. The van der Waals surface area contributed by atoms with E-state index in [-0.39, 0.29) is 47.8 Å². The first-order chi connectivity index (χ1) is 17.7. The van der Waals surface area contributed by atoms with Crippen LogP contribution in [0, 0.1) is 16.0 Å². The van der Waals surface area contributed by atoms with Crippen LogP contribution in [-0.2, 0) is 11.2 Å². The van der Waals surface area contributed by atoms with Crippen molar-refractivity contribution in [2.24, 2.45) is 5.92 Å². The van der Waals surface area contributed by atoms with Crippen molar-refractivity contribution >= 4 is 23.2 Å². The molecule has 11 heteroatoms.